The number of carbonyl (C=O) groups excluding carboxylic acids is 2. The van der Waals surface area contributed by atoms with Gasteiger partial charge in [-0.2, -0.15) is 0 Å². The summed E-state index contributed by atoms with van der Waals surface area (Å²) in [6, 6.07) is 5.11. The number of rotatable bonds is 4. The third-order valence-corrected chi connectivity index (χ3v) is 4.58. The van der Waals surface area contributed by atoms with Gasteiger partial charge in [0.2, 0.25) is 5.91 Å². The molecule has 1 heterocycles. The van der Waals surface area contributed by atoms with Crippen LogP contribution in [-0.2, 0) is 4.79 Å². The van der Waals surface area contributed by atoms with Gasteiger partial charge >= 0.3 is 0 Å². The number of hydrogen-bond donors (Lipinski definition) is 0. The van der Waals surface area contributed by atoms with Gasteiger partial charge in [-0.15, -0.1) is 0 Å². The molecule has 0 aromatic heterocycles. The van der Waals surface area contributed by atoms with Crippen molar-refractivity contribution in [3.05, 3.63) is 28.8 Å². The zero-order chi connectivity index (χ0) is 16.4. The van der Waals surface area contributed by atoms with Crippen LogP contribution in [0.4, 0.5) is 0 Å². The molecule has 1 aliphatic carbocycles. The fourth-order valence-electron chi connectivity index (χ4n) is 2.81. The van der Waals surface area contributed by atoms with E-state index in [0.717, 1.165) is 12.8 Å². The molecule has 0 radical (unpaired) electrons. The van der Waals surface area contributed by atoms with E-state index in [0.29, 0.717) is 49.1 Å². The molecule has 6 heteroatoms. The molecule has 2 aliphatic rings. The van der Waals surface area contributed by atoms with Crippen LogP contribution < -0.4 is 4.74 Å². The summed E-state index contributed by atoms with van der Waals surface area (Å²) in [4.78, 5) is 28.3. The number of piperazine rings is 1. The normalized spacial score (nSPS) is 18.0. The maximum atomic E-state index is 12.6. The number of carbonyl (C=O) groups is 2. The molecule has 1 aromatic rings. The molecule has 2 amide bonds. The van der Waals surface area contributed by atoms with Crippen LogP contribution in [0.2, 0.25) is 5.02 Å². The second kappa shape index (κ2) is 6.79. The lowest BCUT2D eigenvalue weighted by Gasteiger charge is -2.35. The van der Waals surface area contributed by atoms with Gasteiger partial charge in [0, 0.05) is 37.7 Å². The Labute approximate surface area is 141 Å². The Balaban J connectivity index is 1.60. The first-order valence-electron chi connectivity index (χ1n) is 8.10. The van der Waals surface area contributed by atoms with Gasteiger partial charge in [0.05, 0.1) is 11.6 Å². The Kier molecular flexibility index (Phi) is 4.76. The number of hydrogen-bond acceptors (Lipinski definition) is 3. The van der Waals surface area contributed by atoms with E-state index in [1.54, 1.807) is 23.1 Å². The zero-order valence-corrected chi connectivity index (χ0v) is 14.0. The van der Waals surface area contributed by atoms with Crippen LogP contribution in [0.15, 0.2) is 18.2 Å². The summed E-state index contributed by atoms with van der Waals surface area (Å²) in [6.45, 7) is 4.80. The van der Waals surface area contributed by atoms with E-state index < -0.39 is 0 Å². The summed E-state index contributed by atoms with van der Waals surface area (Å²) in [5.41, 5.74) is 0.556. The Hall–Kier alpha value is -1.75. The van der Waals surface area contributed by atoms with Gasteiger partial charge in [-0.05, 0) is 38.0 Å². The lowest BCUT2D eigenvalue weighted by Crippen LogP contribution is -2.51. The van der Waals surface area contributed by atoms with Crippen molar-refractivity contribution >= 4 is 23.4 Å². The predicted molar refractivity (Wildman–Crippen MR) is 87.8 cm³/mol. The van der Waals surface area contributed by atoms with Crippen LogP contribution in [-0.4, -0.2) is 54.4 Å². The molecule has 1 saturated heterocycles. The fourth-order valence-corrected chi connectivity index (χ4v) is 3.04. The second-order valence-corrected chi connectivity index (χ2v) is 6.38. The van der Waals surface area contributed by atoms with Gasteiger partial charge in [-0.25, -0.2) is 0 Å². The van der Waals surface area contributed by atoms with Crippen LogP contribution in [0.1, 0.15) is 30.1 Å². The number of nitrogens with zero attached hydrogens (tertiary/aromatic N) is 2. The Morgan fingerprint density at radius 1 is 1.17 bits per heavy atom. The third-order valence-electron chi connectivity index (χ3n) is 4.28. The number of halogens is 1. The smallest absolute Gasteiger partial charge is 0.254 e. The lowest BCUT2D eigenvalue weighted by molar-refractivity contribution is -0.134. The van der Waals surface area contributed by atoms with E-state index in [1.165, 1.54) is 0 Å². The summed E-state index contributed by atoms with van der Waals surface area (Å²) < 4.78 is 5.38. The molecular weight excluding hydrogens is 316 g/mol. The van der Waals surface area contributed by atoms with Crippen molar-refractivity contribution in [2.24, 2.45) is 5.92 Å². The molecule has 1 aliphatic heterocycles. The number of benzene rings is 1. The molecule has 0 atom stereocenters. The fraction of sp³-hybridized carbons (Fsp3) is 0.529. The monoisotopic (exact) mass is 336 g/mol. The molecular formula is C17H21ClN2O3. The Morgan fingerprint density at radius 2 is 1.83 bits per heavy atom. The third kappa shape index (κ3) is 3.61. The average Bonchev–Trinajstić information content (AvgIpc) is 3.41. The van der Waals surface area contributed by atoms with Gasteiger partial charge in [-0.3, -0.25) is 9.59 Å². The molecule has 0 N–H and O–H groups in total. The number of amides is 2. The zero-order valence-electron chi connectivity index (χ0n) is 13.3. The van der Waals surface area contributed by atoms with Crippen molar-refractivity contribution in [3.63, 3.8) is 0 Å². The maximum absolute atomic E-state index is 12.6. The average molecular weight is 337 g/mol. The van der Waals surface area contributed by atoms with Crippen LogP contribution in [0.25, 0.3) is 0 Å². The summed E-state index contributed by atoms with van der Waals surface area (Å²) in [5, 5.41) is 0.445. The summed E-state index contributed by atoms with van der Waals surface area (Å²) in [7, 11) is 0. The molecule has 0 bridgehead atoms. The van der Waals surface area contributed by atoms with Gasteiger partial charge in [0.25, 0.3) is 5.91 Å². The van der Waals surface area contributed by atoms with Crippen molar-refractivity contribution in [3.8, 4) is 5.75 Å². The van der Waals surface area contributed by atoms with E-state index in [4.69, 9.17) is 16.3 Å². The van der Waals surface area contributed by atoms with Crippen LogP contribution in [0.5, 0.6) is 5.75 Å². The first kappa shape index (κ1) is 16.1. The minimum absolute atomic E-state index is 0.0477. The van der Waals surface area contributed by atoms with E-state index in [9.17, 15) is 9.59 Å². The minimum atomic E-state index is -0.0477. The molecule has 1 aromatic carbocycles. The SMILES string of the molecule is CCOc1ccc(C(=O)N2CCN(C(=O)C3CC3)CC2)cc1Cl. The van der Waals surface area contributed by atoms with Crippen LogP contribution >= 0.6 is 11.6 Å². The highest BCUT2D eigenvalue weighted by molar-refractivity contribution is 6.32. The maximum Gasteiger partial charge on any atom is 0.254 e. The largest absolute Gasteiger partial charge is 0.492 e. The molecule has 124 valence electrons. The van der Waals surface area contributed by atoms with Gasteiger partial charge in [-0.1, -0.05) is 11.6 Å². The number of ether oxygens (including phenoxy) is 1. The predicted octanol–water partition coefficient (Wildman–Crippen LogP) is 2.43. The second-order valence-electron chi connectivity index (χ2n) is 5.97. The molecule has 1 saturated carbocycles. The van der Waals surface area contributed by atoms with Crippen LogP contribution in [0.3, 0.4) is 0 Å². The minimum Gasteiger partial charge on any atom is -0.492 e. The summed E-state index contributed by atoms with van der Waals surface area (Å²) in [6.07, 6.45) is 2.03. The van der Waals surface area contributed by atoms with E-state index in [1.807, 2.05) is 11.8 Å². The van der Waals surface area contributed by atoms with Gasteiger partial charge < -0.3 is 14.5 Å². The molecule has 23 heavy (non-hydrogen) atoms. The van der Waals surface area contributed by atoms with E-state index in [2.05, 4.69) is 0 Å². The molecule has 3 rings (SSSR count). The lowest BCUT2D eigenvalue weighted by atomic mass is 10.1. The summed E-state index contributed by atoms with van der Waals surface area (Å²) >= 11 is 6.15. The van der Waals surface area contributed by atoms with Crippen molar-refractivity contribution in [2.75, 3.05) is 32.8 Å². The van der Waals surface area contributed by atoms with Crippen molar-refractivity contribution in [1.29, 1.82) is 0 Å². The quantitative estimate of drug-likeness (QED) is 0.848. The first-order chi connectivity index (χ1) is 11.1. The highest BCUT2D eigenvalue weighted by Gasteiger charge is 2.35. The van der Waals surface area contributed by atoms with Gasteiger partial charge in [0.1, 0.15) is 5.75 Å². The van der Waals surface area contributed by atoms with Crippen LogP contribution in [0, 0.1) is 5.92 Å². The first-order valence-corrected chi connectivity index (χ1v) is 8.48. The van der Waals surface area contributed by atoms with E-state index >= 15 is 0 Å². The van der Waals surface area contributed by atoms with Crippen molar-refractivity contribution in [1.82, 2.24) is 9.80 Å². The van der Waals surface area contributed by atoms with Gasteiger partial charge in [0.15, 0.2) is 0 Å². The standard InChI is InChI=1S/C17H21ClN2O3/c1-2-23-15-6-5-13(11-14(15)18)17(22)20-9-7-19(8-10-20)16(21)12-3-4-12/h5-6,11-12H,2-4,7-10H2,1H3. The summed E-state index contributed by atoms with van der Waals surface area (Å²) in [5.74, 6) is 1.03. The van der Waals surface area contributed by atoms with E-state index in [-0.39, 0.29) is 17.7 Å². The highest BCUT2D eigenvalue weighted by Crippen LogP contribution is 2.31. The van der Waals surface area contributed by atoms with Crippen molar-refractivity contribution in [2.45, 2.75) is 19.8 Å². The molecule has 0 unspecified atom stereocenters. The topological polar surface area (TPSA) is 49.9 Å². The van der Waals surface area contributed by atoms with Crippen molar-refractivity contribution < 1.29 is 14.3 Å². The molecule has 2 fully saturated rings. The molecule has 0 spiro atoms. The Morgan fingerprint density at radius 3 is 2.39 bits per heavy atom. The highest BCUT2D eigenvalue weighted by atomic mass is 35.5. The molecule has 5 nitrogen and oxygen atoms in total. The Bertz CT molecular complexity index is 608.